The highest BCUT2D eigenvalue weighted by atomic mass is 16.5. The molecule has 4 nitrogen and oxygen atoms in total. The van der Waals surface area contributed by atoms with Crippen molar-refractivity contribution in [3.63, 3.8) is 0 Å². The lowest BCUT2D eigenvalue weighted by Crippen LogP contribution is -2.20. The predicted molar refractivity (Wildman–Crippen MR) is 102 cm³/mol. The molecule has 2 aromatic rings. The summed E-state index contributed by atoms with van der Waals surface area (Å²) in [5.41, 5.74) is 5.81. The van der Waals surface area contributed by atoms with Crippen molar-refractivity contribution in [1.29, 1.82) is 0 Å². The lowest BCUT2D eigenvalue weighted by molar-refractivity contribution is -0.120. The smallest absolute Gasteiger partial charge is 0.244 e. The van der Waals surface area contributed by atoms with E-state index in [4.69, 9.17) is 4.74 Å². The standard InChI is InChI=1S/C21H26N2O2/c1-5-25-19-12-8-17(9-13-19)15-22-23-20(24)14-16-6-10-18(11-7-16)21(2,3)4/h6-13,15H,5,14H2,1-4H3,(H,23,24)/b22-15-. The fourth-order valence-electron chi connectivity index (χ4n) is 2.34. The van der Waals surface area contributed by atoms with Crippen LogP contribution in [0.3, 0.4) is 0 Å². The third kappa shape index (κ3) is 6.07. The third-order valence-electron chi connectivity index (χ3n) is 3.78. The van der Waals surface area contributed by atoms with Gasteiger partial charge in [-0.3, -0.25) is 4.79 Å². The highest BCUT2D eigenvalue weighted by molar-refractivity contribution is 5.83. The maximum atomic E-state index is 12.0. The number of nitrogens with zero attached hydrogens (tertiary/aromatic N) is 1. The maximum Gasteiger partial charge on any atom is 0.244 e. The van der Waals surface area contributed by atoms with E-state index in [1.807, 2.05) is 43.3 Å². The van der Waals surface area contributed by atoms with Gasteiger partial charge in [-0.15, -0.1) is 0 Å². The number of carbonyl (C=O) groups excluding carboxylic acids is 1. The van der Waals surface area contributed by atoms with Crippen LogP contribution in [-0.2, 0) is 16.6 Å². The first-order valence-electron chi connectivity index (χ1n) is 8.52. The Morgan fingerprint density at radius 1 is 1.08 bits per heavy atom. The van der Waals surface area contributed by atoms with Gasteiger partial charge in [-0.1, -0.05) is 45.0 Å². The Balaban J connectivity index is 1.85. The zero-order valence-electron chi connectivity index (χ0n) is 15.4. The van der Waals surface area contributed by atoms with Crippen molar-refractivity contribution in [1.82, 2.24) is 5.43 Å². The van der Waals surface area contributed by atoms with Crippen LogP contribution in [-0.4, -0.2) is 18.7 Å². The Morgan fingerprint density at radius 3 is 2.28 bits per heavy atom. The summed E-state index contributed by atoms with van der Waals surface area (Å²) in [4.78, 5) is 12.0. The van der Waals surface area contributed by atoms with Crippen molar-refractivity contribution in [2.75, 3.05) is 6.61 Å². The average molecular weight is 338 g/mol. The molecule has 0 unspecified atom stereocenters. The topological polar surface area (TPSA) is 50.7 Å². The molecule has 2 rings (SSSR count). The number of ether oxygens (including phenoxy) is 1. The maximum absolute atomic E-state index is 12.0. The normalized spacial score (nSPS) is 11.5. The van der Waals surface area contributed by atoms with Gasteiger partial charge in [0.2, 0.25) is 5.91 Å². The minimum absolute atomic E-state index is 0.114. The van der Waals surface area contributed by atoms with Crippen LogP contribution in [0.5, 0.6) is 5.75 Å². The summed E-state index contributed by atoms with van der Waals surface area (Å²) in [5.74, 6) is 0.688. The molecule has 0 aliphatic rings. The zero-order valence-corrected chi connectivity index (χ0v) is 15.4. The third-order valence-corrected chi connectivity index (χ3v) is 3.78. The molecule has 25 heavy (non-hydrogen) atoms. The van der Waals surface area contributed by atoms with Gasteiger partial charge in [0.25, 0.3) is 0 Å². The second kappa shape index (κ2) is 8.47. The first-order chi connectivity index (χ1) is 11.9. The van der Waals surface area contributed by atoms with Crippen LogP contribution in [0.25, 0.3) is 0 Å². The van der Waals surface area contributed by atoms with Crippen LogP contribution in [0.4, 0.5) is 0 Å². The Kier molecular flexibility index (Phi) is 6.34. The van der Waals surface area contributed by atoms with E-state index in [0.29, 0.717) is 13.0 Å². The highest BCUT2D eigenvalue weighted by Gasteiger charge is 2.13. The summed E-state index contributed by atoms with van der Waals surface area (Å²) in [6, 6.07) is 15.7. The summed E-state index contributed by atoms with van der Waals surface area (Å²) in [6.07, 6.45) is 1.93. The van der Waals surface area contributed by atoms with E-state index >= 15 is 0 Å². The molecule has 0 aliphatic heterocycles. The molecule has 0 bridgehead atoms. The van der Waals surface area contributed by atoms with E-state index in [1.54, 1.807) is 6.21 Å². The number of nitrogens with one attached hydrogen (secondary N) is 1. The highest BCUT2D eigenvalue weighted by Crippen LogP contribution is 2.22. The predicted octanol–water partition coefficient (Wildman–Crippen LogP) is 4.08. The summed E-state index contributed by atoms with van der Waals surface area (Å²) in [5, 5.41) is 4.00. The van der Waals surface area contributed by atoms with Crippen LogP contribution in [0.1, 0.15) is 44.4 Å². The van der Waals surface area contributed by atoms with Crippen molar-refractivity contribution in [2.24, 2.45) is 5.10 Å². The van der Waals surface area contributed by atoms with Gasteiger partial charge in [-0.25, -0.2) is 5.43 Å². The summed E-state index contributed by atoms with van der Waals surface area (Å²) in [6.45, 7) is 9.10. The molecule has 0 saturated heterocycles. The molecule has 4 heteroatoms. The van der Waals surface area contributed by atoms with Gasteiger partial charge >= 0.3 is 0 Å². The van der Waals surface area contributed by atoms with Gasteiger partial charge in [0.15, 0.2) is 0 Å². The molecule has 0 heterocycles. The van der Waals surface area contributed by atoms with Crippen molar-refractivity contribution in [2.45, 2.75) is 39.5 Å². The number of amides is 1. The second-order valence-corrected chi connectivity index (χ2v) is 6.92. The number of hydrogen-bond donors (Lipinski definition) is 1. The number of carbonyl (C=O) groups is 1. The molecular weight excluding hydrogens is 312 g/mol. The SMILES string of the molecule is CCOc1ccc(/C=N\NC(=O)Cc2ccc(C(C)(C)C)cc2)cc1. The number of rotatable bonds is 6. The molecule has 0 fully saturated rings. The van der Waals surface area contributed by atoms with Gasteiger partial charge < -0.3 is 4.74 Å². The molecule has 0 radical (unpaired) electrons. The molecule has 132 valence electrons. The van der Waals surface area contributed by atoms with E-state index in [1.165, 1.54) is 5.56 Å². The Morgan fingerprint density at radius 2 is 1.72 bits per heavy atom. The summed E-state index contributed by atoms with van der Waals surface area (Å²) >= 11 is 0. The van der Waals surface area contributed by atoms with Crippen molar-refractivity contribution >= 4 is 12.1 Å². The Bertz CT molecular complexity index is 711. The van der Waals surface area contributed by atoms with Gasteiger partial charge in [0.05, 0.1) is 19.2 Å². The number of hydrogen-bond acceptors (Lipinski definition) is 3. The lowest BCUT2D eigenvalue weighted by atomic mass is 9.86. The largest absolute Gasteiger partial charge is 0.494 e. The lowest BCUT2D eigenvalue weighted by Gasteiger charge is -2.19. The van der Waals surface area contributed by atoms with Crippen molar-refractivity contribution in [3.8, 4) is 5.75 Å². The van der Waals surface area contributed by atoms with Crippen LogP contribution in [0.2, 0.25) is 0 Å². The molecule has 0 saturated carbocycles. The monoisotopic (exact) mass is 338 g/mol. The number of benzene rings is 2. The second-order valence-electron chi connectivity index (χ2n) is 6.92. The van der Waals surface area contributed by atoms with Crippen LogP contribution in [0, 0.1) is 0 Å². The molecular formula is C21H26N2O2. The van der Waals surface area contributed by atoms with Crippen LogP contribution >= 0.6 is 0 Å². The van der Waals surface area contributed by atoms with Crippen molar-refractivity contribution < 1.29 is 9.53 Å². The fourth-order valence-corrected chi connectivity index (χ4v) is 2.34. The van der Waals surface area contributed by atoms with Gasteiger partial charge in [-0.2, -0.15) is 5.10 Å². The first-order valence-corrected chi connectivity index (χ1v) is 8.52. The fraction of sp³-hybridized carbons (Fsp3) is 0.333. The molecule has 0 aliphatic carbocycles. The summed E-state index contributed by atoms with van der Waals surface area (Å²) in [7, 11) is 0. The van der Waals surface area contributed by atoms with E-state index in [-0.39, 0.29) is 11.3 Å². The van der Waals surface area contributed by atoms with Crippen LogP contribution in [0.15, 0.2) is 53.6 Å². The number of hydrazone groups is 1. The first kappa shape index (κ1) is 18.7. The molecule has 1 amide bonds. The van der Waals surface area contributed by atoms with Gasteiger partial charge in [0.1, 0.15) is 5.75 Å². The van der Waals surface area contributed by atoms with Gasteiger partial charge in [-0.05, 0) is 53.3 Å². The molecule has 0 aromatic heterocycles. The molecule has 2 aromatic carbocycles. The average Bonchev–Trinajstić information content (AvgIpc) is 2.56. The summed E-state index contributed by atoms with van der Waals surface area (Å²) < 4.78 is 5.38. The molecule has 0 atom stereocenters. The van der Waals surface area contributed by atoms with E-state index in [9.17, 15) is 4.79 Å². The zero-order chi connectivity index (χ0) is 18.3. The van der Waals surface area contributed by atoms with Gasteiger partial charge in [0, 0.05) is 0 Å². The van der Waals surface area contributed by atoms with Crippen molar-refractivity contribution in [3.05, 3.63) is 65.2 Å². The molecule has 1 N–H and O–H groups in total. The van der Waals surface area contributed by atoms with E-state index in [0.717, 1.165) is 16.9 Å². The van der Waals surface area contributed by atoms with E-state index in [2.05, 4.69) is 43.4 Å². The van der Waals surface area contributed by atoms with Crippen LogP contribution < -0.4 is 10.2 Å². The Labute approximate surface area is 149 Å². The Hall–Kier alpha value is -2.62. The quantitative estimate of drug-likeness (QED) is 0.637. The minimum Gasteiger partial charge on any atom is -0.494 e. The van der Waals surface area contributed by atoms with E-state index < -0.39 is 0 Å². The molecule has 0 spiro atoms. The minimum atomic E-state index is -0.134.